The second-order valence-corrected chi connectivity index (χ2v) is 25.6. The van der Waals surface area contributed by atoms with E-state index in [4.69, 9.17) is 9.05 Å². The molecular formula is C75H132N2O6P+. The van der Waals surface area contributed by atoms with Crippen LogP contribution in [0.15, 0.2) is 134 Å². The van der Waals surface area contributed by atoms with Crippen LogP contribution in [-0.2, 0) is 18.4 Å². The second-order valence-electron chi connectivity index (χ2n) is 24.2. The van der Waals surface area contributed by atoms with Gasteiger partial charge in [0.2, 0.25) is 5.91 Å². The third-order valence-corrected chi connectivity index (χ3v) is 15.9. The molecule has 0 aromatic rings. The molecule has 8 nitrogen and oxygen atoms in total. The van der Waals surface area contributed by atoms with Crippen LogP contribution in [0.5, 0.6) is 0 Å². The molecule has 9 heteroatoms. The lowest BCUT2D eigenvalue weighted by Crippen LogP contribution is -2.45. The van der Waals surface area contributed by atoms with Gasteiger partial charge in [-0.05, 0) is 96.3 Å². The third-order valence-electron chi connectivity index (χ3n) is 14.9. The van der Waals surface area contributed by atoms with Crippen molar-refractivity contribution in [3.05, 3.63) is 134 Å². The number of nitrogens with zero attached hydrogens (tertiary/aromatic N) is 1. The van der Waals surface area contributed by atoms with Gasteiger partial charge >= 0.3 is 7.82 Å². The van der Waals surface area contributed by atoms with Crippen molar-refractivity contribution < 1.29 is 32.9 Å². The number of carbonyl (C=O) groups excluding carboxylic acids is 1. The quantitative estimate of drug-likeness (QED) is 0.0243. The lowest BCUT2D eigenvalue weighted by molar-refractivity contribution is -0.870. The molecule has 0 rings (SSSR count). The van der Waals surface area contributed by atoms with Crippen LogP contribution in [0.1, 0.15) is 284 Å². The van der Waals surface area contributed by atoms with Crippen molar-refractivity contribution in [3.63, 3.8) is 0 Å². The number of phosphoric acid groups is 1. The zero-order valence-electron chi connectivity index (χ0n) is 55.1. The molecule has 1 amide bonds. The minimum Gasteiger partial charge on any atom is -0.387 e. The van der Waals surface area contributed by atoms with Gasteiger partial charge < -0.3 is 19.8 Å². The molecule has 3 atom stereocenters. The molecule has 84 heavy (non-hydrogen) atoms. The van der Waals surface area contributed by atoms with Crippen LogP contribution >= 0.6 is 7.82 Å². The first-order chi connectivity index (χ1) is 41.0. The number of nitrogens with one attached hydrogen (secondary N) is 1. The number of hydrogen-bond donors (Lipinski definition) is 3. The molecule has 0 heterocycles. The van der Waals surface area contributed by atoms with E-state index in [1.54, 1.807) is 6.08 Å². The Morgan fingerprint density at radius 1 is 0.417 bits per heavy atom. The molecule has 482 valence electrons. The van der Waals surface area contributed by atoms with E-state index in [-0.39, 0.29) is 19.1 Å². The number of phosphoric ester groups is 1. The van der Waals surface area contributed by atoms with Gasteiger partial charge in [0.15, 0.2) is 0 Å². The zero-order chi connectivity index (χ0) is 61.2. The first-order valence-electron chi connectivity index (χ1n) is 34.6. The van der Waals surface area contributed by atoms with E-state index in [0.29, 0.717) is 17.4 Å². The molecule has 0 fully saturated rings. The Balaban J connectivity index is 4.19. The van der Waals surface area contributed by atoms with Gasteiger partial charge in [0.25, 0.3) is 0 Å². The molecule has 0 bridgehead atoms. The number of amides is 1. The predicted octanol–water partition coefficient (Wildman–Crippen LogP) is 22.2. The molecule has 0 aromatic carbocycles. The van der Waals surface area contributed by atoms with Gasteiger partial charge in [0.05, 0.1) is 39.9 Å². The highest BCUT2D eigenvalue weighted by Gasteiger charge is 2.28. The van der Waals surface area contributed by atoms with E-state index >= 15 is 0 Å². The van der Waals surface area contributed by atoms with Gasteiger partial charge in [0.1, 0.15) is 13.2 Å². The van der Waals surface area contributed by atoms with Gasteiger partial charge in [-0.3, -0.25) is 13.8 Å². The van der Waals surface area contributed by atoms with E-state index in [0.717, 1.165) is 122 Å². The fourth-order valence-corrected chi connectivity index (χ4v) is 10.3. The van der Waals surface area contributed by atoms with Crippen LogP contribution in [0.25, 0.3) is 0 Å². The highest BCUT2D eigenvalue weighted by molar-refractivity contribution is 7.47. The van der Waals surface area contributed by atoms with Gasteiger partial charge in [-0.1, -0.05) is 314 Å². The number of aliphatic hydroxyl groups excluding tert-OH is 1. The molecule has 0 aliphatic heterocycles. The van der Waals surface area contributed by atoms with Crippen molar-refractivity contribution in [1.29, 1.82) is 0 Å². The van der Waals surface area contributed by atoms with Crippen LogP contribution in [0, 0.1) is 0 Å². The molecule has 0 saturated carbocycles. The zero-order valence-corrected chi connectivity index (χ0v) is 56.0. The van der Waals surface area contributed by atoms with Gasteiger partial charge in [-0.15, -0.1) is 0 Å². The minimum atomic E-state index is -4.37. The van der Waals surface area contributed by atoms with Gasteiger partial charge in [-0.25, -0.2) is 4.57 Å². The molecule has 0 aliphatic carbocycles. The average molecular weight is 1190 g/mol. The monoisotopic (exact) mass is 1190 g/mol. The highest BCUT2D eigenvalue weighted by Crippen LogP contribution is 2.43. The van der Waals surface area contributed by atoms with Crippen LogP contribution in [0.3, 0.4) is 0 Å². The first-order valence-corrected chi connectivity index (χ1v) is 36.1. The molecule has 3 N–H and O–H groups in total. The van der Waals surface area contributed by atoms with E-state index in [1.807, 2.05) is 27.2 Å². The van der Waals surface area contributed by atoms with E-state index in [9.17, 15) is 19.4 Å². The Hall–Kier alpha value is -3.36. The number of quaternary nitrogens is 1. The maximum atomic E-state index is 13.0. The van der Waals surface area contributed by atoms with Crippen LogP contribution in [0.2, 0.25) is 0 Å². The van der Waals surface area contributed by atoms with E-state index in [2.05, 4.69) is 141 Å². The second kappa shape index (κ2) is 64.1. The standard InChI is InChI=1S/C75H131N2O6P/c1-6-8-10-12-14-16-18-20-22-24-26-28-30-32-33-34-35-36-37-38-39-40-41-42-43-45-47-49-51-53-55-57-59-61-63-65-67-69-75(79)76-73(72-83-84(80,81)82-71-70-77(3,4)5)74(78)68-66-64-62-60-58-56-54-52-50-48-46-44-31-29-27-25-23-21-19-17-15-13-11-9-7-2/h8,10,14,16,20,22,26,28,32-33,35-36,38-39,41-42,45,47,51,53,66,68,73-74,78H,6-7,9,11-13,15,17-19,21,23-25,27,29-31,34,37,40,43-44,46,48-50,52,54-65,67,69-72H2,1-5H3,(H-,76,79,80,81)/p+1/b10-8-,16-14-,22-20-,28-26-,33-32-,36-35-,39-38-,42-41-,47-45-,53-51-,68-66+. The van der Waals surface area contributed by atoms with Crippen molar-refractivity contribution in [2.45, 2.75) is 296 Å². The summed E-state index contributed by atoms with van der Waals surface area (Å²) in [7, 11) is 1.55. The number of hydrogen-bond acceptors (Lipinski definition) is 5. The minimum absolute atomic E-state index is 0.0520. The van der Waals surface area contributed by atoms with E-state index < -0.39 is 20.0 Å². The first kappa shape index (κ1) is 80.6. The lowest BCUT2D eigenvalue weighted by Gasteiger charge is -2.25. The Morgan fingerprint density at radius 3 is 1.05 bits per heavy atom. The van der Waals surface area contributed by atoms with Crippen LogP contribution in [0.4, 0.5) is 0 Å². The highest BCUT2D eigenvalue weighted by atomic mass is 31.2. The Kier molecular flexibility index (Phi) is 61.6. The molecule has 0 spiro atoms. The molecular weight excluding hydrogens is 1060 g/mol. The summed E-state index contributed by atoms with van der Waals surface area (Å²) in [6.07, 6.45) is 97.2. The number of aliphatic hydroxyl groups is 1. The summed E-state index contributed by atoms with van der Waals surface area (Å²) in [4.78, 5) is 23.4. The maximum Gasteiger partial charge on any atom is 0.472 e. The van der Waals surface area contributed by atoms with Crippen LogP contribution < -0.4 is 5.32 Å². The molecule has 0 radical (unpaired) electrons. The molecule has 0 aromatic heterocycles. The number of carbonyl (C=O) groups is 1. The fraction of sp³-hybridized carbons (Fsp3) is 0.693. The van der Waals surface area contributed by atoms with Crippen LogP contribution in [-0.4, -0.2) is 73.4 Å². The topological polar surface area (TPSA) is 105 Å². The fourth-order valence-electron chi connectivity index (χ4n) is 9.54. The summed E-state index contributed by atoms with van der Waals surface area (Å²) in [5, 5.41) is 14.0. The molecule has 0 saturated heterocycles. The summed E-state index contributed by atoms with van der Waals surface area (Å²) in [6.45, 7) is 4.70. The smallest absolute Gasteiger partial charge is 0.387 e. The Bertz CT molecular complexity index is 1830. The summed E-state index contributed by atoms with van der Waals surface area (Å²) in [6, 6.07) is -0.866. The van der Waals surface area contributed by atoms with Crippen molar-refractivity contribution in [2.75, 3.05) is 40.9 Å². The maximum absolute atomic E-state index is 13.0. The average Bonchev–Trinajstić information content (AvgIpc) is 3.56. The SMILES string of the molecule is CC/C=C\C/C=C\C/C=C\C/C=C\C/C=C\C/C=C\C/C=C\C/C=C\C/C=C\C/C=C\CCCCCCCCC(=O)NC(COP(=O)(O)OCC[N+](C)(C)C)C(O)/C=C/CCCCCCCCCCCCCCCCCCCCCCCCC. The van der Waals surface area contributed by atoms with Crippen molar-refractivity contribution >= 4 is 13.7 Å². The van der Waals surface area contributed by atoms with Crippen molar-refractivity contribution in [3.8, 4) is 0 Å². The molecule has 3 unspecified atom stereocenters. The summed E-state index contributed by atoms with van der Waals surface area (Å²) in [5.74, 6) is -0.194. The largest absolute Gasteiger partial charge is 0.472 e. The van der Waals surface area contributed by atoms with Crippen molar-refractivity contribution in [1.82, 2.24) is 5.32 Å². The summed E-state index contributed by atoms with van der Waals surface area (Å²) in [5.41, 5.74) is 0. The summed E-state index contributed by atoms with van der Waals surface area (Å²) < 4.78 is 23.8. The Morgan fingerprint density at radius 2 is 0.714 bits per heavy atom. The van der Waals surface area contributed by atoms with Gasteiger partial charge in [0, 0.05) is 6.42 Å². The summed E-state index contributed by atoms with van der Waals surface area (Å²) >= 11 is 0. The predicted molar refractivity (Wildman–Crippen MR) is 368 cm³/mol. The number of unbranched alkanes of at least 4 members (excludes halogenated alkanes) is 29. The normalized spacial score (nSPS) is 14.5. The number of allylic oxidation sites excluding steroid dienone is 21. The van der Waals surface area contributed by atoms with E-state index in [1.165, 1.54) is 141 Å². The Labute approximate surface area is 519 Å². The number of likely N-dealkylation sites (N-methyl/N-ethyl adjacent to an activating group) is 1. The molecule has 0 aliphatic rings. The lowest BCUT2D eigenvalue weighted by atomic mass is 10.0. The van der Waals surface area contributed by atoms with Gasteiger partial charge in [-0.2, -0.15) is 0 Å². The van der Waals surface area contributed by atoms with Crippen molar-refractivity contribution in [2.24, 2.45) is 0 Å². The third kappa shape index (κ3) is 66.2. The number of rotatable bonds is 62.